The van der Waals surface area contributed by atoms with E-state index in [0.717, 1.165) is 15.5 Å². The Bertz CT molecular complexity index is 1320. The lowest BCUT2D eigenvalue weighted by molar-refractivity contribution is -0.166. The number of ether oxygens (including phenoxy) is 2. The number of nitrogens with two attached hydrogens (primary N) is 1. The molecule has 0 saturated carbocycles. The summed E-state index contributed by atoms with van der Waals surface area (Å²) in [6.07, 6.45) is 3.28. The van der Waals surface area contributed by atoms with E-state index >= 15 is 0 Å². The summed E-state index contributed by atoms with van der Waals surface area (Å²) in [5, 5.41) is 13.0. The van der Waals surface area contributed by atoms with E-state index in [1.165, 1.54) is 59.4 Å². The van der Waals surface area contributed by atoms with Gasteiger partial charge < -0.3 is 25.4 Å². The highest BCUT2D eigenvalue weighted by atomic mass is 32.2. The van der Waals surface area contributed by atoms with Gasteiger partial charge in [-0.2, -0.15) is 0 Å². The van der Waals surface area contributed by atoms with Crippen molar-refractivity contribution in [3.05, 3.63) is 40.0 Å². The smallest absolute Gasteiger partial charge is 0.358 e. The lowest BCUT2D eigenvalue weighted by Crippen LogP contribution is -2.71. The molecule has 2 aliphatic rings. The van der Waals surface area contributed by atoms with Gasteiger partial charge in [0.2, 0.25) is 6.79 Å². The van der Waals surface area contributed by atoms with E-state index in [2.05, 4.69) is 25.0 Å². The van der Waals surface area contributed by atoms with E-state index < -0.39 is 42.0 Å². The number of thiazole rings is 1. The number of fused-ring (bicyclic) bond motifs is 1. The minimum absolute atomic E-state index is 0.00580. The average Bonchev–Trinajstić information content (AvgIpc) is 3.56. The van der Waals surface area contributed by atoms with Crippen LogP contribution in [0.25, 0.3) is 0 Å². The predicted octanol–water partition coefficient (Wildman–Crippen LogP) is 0.951. The molecule has 4 rings (SSSR count). The zero-order valence-corrected chi connectivity index (χ0v) is 22.9. The number of allylic oxidation sites excluding steroid dienone is 1. The standard InChI is InChI=1S/C20H19N7O7S4/c1-9(28)33-8-34-19(31)15-10(3-4-35-12-5-22-26-38-12)6-36-18-14(17(30)27(15)18)24-16(29)13(25-32-2)11-7-37-20(21)23-11/h3-5,7,14,18H,6,8H2,1-2H3,(H2,21,23)(H,24,29)/b4-3+,25-13?/t14-,18-/m1/s1. The number of nitrogen functional groups attached to an aromatic ring is 1. The minimum Gasteiger partial charge on any atom is -0.428 e. The van der Waals surface area contributed by atoms with Crippen LogP contribution >= 0.6 is 46.4 Å². The first kappa shape index (κ1) is 27.6. The maximum Gasteiger partial charge on any atom is 0.358 e. The van der Waals surface area contributed by atoms with Crippen LogP contribution in [-0.2, 0) is 33.5 Å². The topological polar surface area (TPSA) is 188 Å². The zero-order chi connectivity index (χ0) is 27.2. The molecule has 0 aliphatic carbocycles. The van der Waals surface area contributed by atoms with Crippen LogP contribution in [0.15, 0.2) is 43.7 Å². The van der Waals surface area contributed by atoms with Crippen LogP contribution in [0.2, 0.25) is 0 Å². The Hall–Kier alpha value is -3.48. The number of anilines is 1. The van der Waals surface area contributed by atoms with Gasteiger partial charge in [-0.25, -0.2) is 9.78 Å². The van der Waals surface area contributed by atoms with Gasteiger partial charge in [0.15, 0.2) is 10.8 Å². The van der Waals surface area contributed by atoms with Crippen LogP contribution in [0, 0.1) is 0 Å². The van der Waals surface area contributed by atoms with Crippen molar-refractivity contribution in [1.29, 1.82) is 0 Å². The fraction of sp³-hybridized carbons (Fsp3) is 0.300. The number of carbonyl (C=O) groups is 4. The third-order valence-corrected chi connectivity index (χ3v) is 8.45. The number of hydrogen-bond acceptors (Lipinski definition) is 16. The van der Waals surface area contributed by atoms with Gasteiger partial charge in [0, 0.05) is 18.1 Å². The predicted molar refractivity (Wildman–Crippen MR) is 140 cm³/mol. The molecular formula is C20H19N7O7S4. The van der Waals surface area contributed by atoms with Crippen LogP contribution < -0.4 is 11.1 Å². The van der Waals surface area contributed by atoms with Gasteiger partial charge in [-0.3, -0.25) is 19.3 Å². The van der Waals surface area contributed by atoms with Crippen molar-refractivity contribution >= 4 is 81.0 Å². The molecule has 0 unspecified atom stereocenters. The number of aromatic nitrogens is 3. The van der Waals surface area contributed by atoms with Crippen LogP contribution in [0.4, 0.5) is 5.13 Å². The molecule has 2 amide bonds. The second-order valence-corrected chi connectivity index (χ2v) is 11.3. The van der Waals surface area contributed by atoms with E-state index in [1.54, 1.807) is 17.7 Å². The molecule has 2 aromatic heterocycles. The minimum atomic E-state index is -0.954. The number of thioether (sulfide) groups is 2. The quantitative estimate of drug-likeness (QED) is 0.0984. The van der Waals surface area contributed by atoms with Gasteiger partial charge in [-0.05, 0) is 28.6 Å². The molecule has 2 aliphatic heterocycles. The number of nitrogens with one attached hydrogen (secondary N) is 1. The van der Waals surface area contributed by atoms with Gasteiger partial charge >= 0.3 is 11.9 Å². The molecule has 38 heavy (non-hydrogen) atoms. The first-order valence-electron chi connectivity index (χ1n) is 10.5. The third-order valence-electron chi connectivity index (χ3n) is 4.89. The second kappa shape index (κ2) is 12.4. The number of hydrogen-bond donors (Lipinski definition) is 2. The molecule has 2 aromatic rings. The average molecular weight is 598 g/mol. The second-order valence-electron chi connectivity index (χ2n) is 7.27. The molecule has 0 radical (unpaired) electrons. The normalized spacial score (nSPS) is 19.2. The maximum atomic E-state index is 13.2. The molecule has 3 N–H and O–H groups in total. The molecular weight excluding hydrogens is 579 g/mol. The summed E-state index contributed by atoms with van der Waals surface area (Å²) >= 11 is 5.02. The van der Waals surface area contributed by atoms with Crippen molar-refractivity contribution in [2.24, 2.45) is 5.16 Å². The molecule has 18 heteroatoms. The highest BCUT2D eigenvalue weighted by Gasteiger charge is 2.54. The summed E-state index contributed by atoms with van der Waals surface area (Å²) in [5.74, 6) is -2.37. The van der Waals surface area contributed by atoms with Gasteiger partial charge in [0.25, 0.3) is 11.8 Å². The van der Waals surface area contributed by atoms with Gasteiger partial charge in [0.1, 0.15) is 34.1 Å². The van der Waals surface area contributed by atoms with Crippen molar-refractivity contribution < 1.29 is 33.5 Å². The van der Waals surface area contributed by atoms with Crippen LogP contribution in [0.1, 0.15) is 12.6 Å². The van der Waals surface area contributed by atoms with E-state index in [-0.39, 0.29) is 22.2 Å². The molecule has 4 heterocycles. The summed E-state index contributed by atoms with van der Waals surface area (Å²) in [6.45, 7) is 0.566. The molecule has 0 aromatic carbocycles. The molecule has 200 valence electrons. The molecule has 1 fully saturated rings. The molecule has 0 bridgehead atoms. The molecule has 0 spiro atoms. The highest BCUT2D eigenvalue weighted by molar-refractivity contribution is 8.03. The van der Waals surface area contributed by atoms with Crippen LogP contribution in [0.5, 0.6) is 0 Å². The monoisotopic (exact) mass is 597 g/mol. The number of β-lactam (4-membered cyclic amide) rings is 1. The summed E-state index contributed by atoms with van der Waals surface area (Å²) < 4.78 is 14.4. The molecule has 1 saturated heterocycles. The Morgan fingerprint density at radius 2 is 2.18 bits per heavy atom. The van der Waals surface area contributed by atoms with Crippen LogP contribution in [-0.4, -0.2) is 80.0 Å². The van der Waals surface area contributed by atoms with Crippen molar-refractivity contribution in [2.75, 3.05) is 25.4 Å². The summed E-state index contributed by atoms with van der Waals surface area (Å²) in [6, 6.07) is -0.954. The lowest BCUT2D eigenvalue weighted by atomic mass is 10.0. The van der Waals surface area contributed by atoms with Gasteiger partial charge in [-0.1, -0.05) is 21.4 Å². The lowest BCUT2D eigenvalue weighted by Gasteiger charge is -2.49. The SMILES string of the molecule is CON=C(C(=O)N[C@@H]1C(=O)N2C(C(=O)OCOC(C)=O)=C(/C=C/Sc3cnns3)CS[C@H]12)c1csc(N)n1. The van der Waals surface area contributed by atoms with E-state index in [0.29, 0.717) is 11.3 Å². The van der Waals surface area contributed by atoms with Crippen molar-refractivity contribution in [3.63, 3.8) is 0 Å². The fourth-order valence-corrected chi connectivity index (χ4v) is 6.34. The molecule has 14 nitrogen and oxygen atoms in total. The Balaban J connectivity index is 1.53. The Kier molecular flexibility index (Phi) is 8.97. The largest absolute Gasteiger partial charge is 0.428 e. The maximum absolute atomic E-state index is 13.2. The van der Waals surface area contributed by atoms with Crippen molar-refractivity contribution in [2.45, 2.75) is 22.5 Å². The number of esters is 2. The van der Waals surface area contributed by atoms with Gasteiger partial charge in [-0.15, -0.1) is 28.2 Å². The van der Waals surface area contributed by atoms with Crippen molar-refractivity contribution in [1.82, 2.24) is 24.8 Å². The van der Waals surface area contributed by atoms with Crippen LogP contribution in [0.3, 0.4) is 0 Å². The third kappa shape index (κ3) is 6.14. The summed E-state index contributed by atoms with van der Waals surface area (Å²) in [4.78, 5) is 60.2. The Labute approximate surface area is 231 Å². The van der Waals surface area contributed by atoms with E-state index in [9.17, 15) is 19.2 Å². The molecule has 2 atom stereocenters. The Morgan fingerprint density at radius 3 is 2.84 bits per heavy atom. The zero-order valence-electron chi connectivity index (χ0n) is 19.7. The van der Waals surface area contributed by atoms with E-state index in [1.807, 2.05) is 0 Å². The van der Waals surface area contributed by atoms with E-state index in [4.69, 9.17) is 20.0 Å². The number of rotatable bonds is 10. The first-order valence-corrected chi connectivity index (χ1v) is 14.1. The number of carbonyl (C=O) groups excluding carboxylic acids is 4. The number of nitrogens with zero attached hydrogens (tertiary/aromatic N) is 5. The first-order chi connectivity index (χ1) is 18.3. The number of oxime groups is 1. The van der Waals surface area contributed by atoms with Gasteiger partial charge in [0.05, 0.1) is 6.20 Å². The number of amides is 2. The summed E-state index contributed by atoms with van der Waals surface area (Å²) in [5.41, 5.74) is 6.21. The summed E-state index contributed by atoms with van der Waals surface area (Å²) in [7, 11) is 1.27. The highest BCUT2D eigenvalue weighted by Crippen LogP contribution is 2.41. The van der Waals surface area contributed by atoms with Crippen molar-refractivity contribution in [3.8, 4) is 0 Å². The Morgan fingerprint density at radius 1 is 1.37 bits per heavy atom. The fourth-order valence-electron chi connectivity index (χ4n) is 3.29.